The zero-order chi connectivity index (χ0) is 18.2. The van der Waals surface area contributed by atoms with Gasteiger partial charge in [0, 0.05) is 22.7 Å². The number of ether oxygens (including phenoxy) is 2. The molecular formula is C20H21N3O3. The van der Waals surface area contributed by atoms with Gasteiger partial charge in [-0.25, -0.2) is 10.2 Å². The number of fused-ring (bicyclic) bond motifs is 1. The highest BCUT2D eigenvalue weighted by Crippen LogP contribution is 2.20. The lowest BCUT2D eigenvalue weighted by atomic mass is 10.2. The third-order valence-electron chi connectivity index (χ3n) is 3.80. The first-order chi connectivity index (χ1) is 12.8. The third-order valence-corrected chi connectivity index (χ3v) is 3.80. The molecule has 0 unspecified atom stereocenters. The van der Waals surface area contributed by atoms with Crippen LogP contribution in [0.3, 0.4) is 0 Å². The number of carbonyl (C=O) groups is 1. The molecule has 1 heterocycles. The minimum atomic E-state index is -0.566. The minimum absolute atomic E-state index is 0.308. The van der Waals surface area contributed by atoms with Gasteiger partial charge >= 0.3 is 6.09 Å². The van der Waals surface area contributed by atoms with E-state index >= 15 is 0 Å². The van der Waals surface area contributed by atoms with E-state index in [1.54, 1.807) is 13.1 Å². The SMILES string of the molecule is CCOC(=O)N/N=C\c1cn(CCOc2ccccc2)c2ccccc12. The second-order valence-corrected chi connectivity index (χ2v) is 5.55. The van der Waals surface area contributed by atoms with Crippen molar-refractivity contribution < 1.29 is 14.3 Å². The van der Waals surface area contributed by atoms with Gasteiger partial charge in [0.1, 0.15) is 12.4 Å². The number of para-hydroxylation sites is 2. The van der Waals surface area contributed by atoms with E-state index in [0.717, 1.165) is 22.2 Å². The molecule has 134 valence electrons. The molecule has 0 aliphatic heterocycles. The fourth-order valence-electron chi connectivity index (χ4n) is 2.66. The van der Waals surface area contributed by atoms with E-state index in [2.05, 4.69) is 15.1 Å². The van der Waals surface area contributed by atoms with Crippen LogP contribution < -0.4 is 10.2 Å². The highest BCUT2D eigenvalue weighted by molar-refractivity contribution is 5.99. The number of nitrogens with zero attached hydrogens (tertiary/aromatic N) is 2. The molecule has 1 amide bonds. The number of amides is 1. The van der Waals surface area contributed by atoms with Crippen LogP contribution in [0.15, 0.2) is 65.9 Å². The molecule has 1 N–H and O–H groups in total. The monoisotopic (exact) mass is 351 g/mol. The number of rotatable bonds is 7. The summed E-state index contributed by atoms with van der Waals surface area (Å²) in [5, 5.41) is 5.01. The maximum atomic E-state index is 11.3. The Morgan fingerprint density at radius 2 is 1.92 bits per heavy atom. The van der Waals surface area contributed by atoms with Gasteiger partial charge in [-0.3, -0.25) is 0 Å². The van der Waals surface area contributed by atoms with Crippen molar-refractivity contribution >= 4 is 23.2 Å². The molecule has 0 saturated heterocycles. The van der Waals surface area contributed by atoms with Gasteiger partial charge < -0.3 is 14.0 Å². The first-order valence-corrected chi connectivity index (χ1v) is 8.49. The van der Waals surface area contributed by atoms with Gasteiger partial charge in [0.15, 0.2) is 0 Å². The van der Waals surface area contributed by atoms with Crippen molar-refractivity contribution in [3.63, 3.8) is 0 Å². The number of carbonyl (C=O) groups excluding carboxylic acids is 1. The van der Waals surface area contributed by atoms with Gasteiger partial charge in [0.25, 0.3) is 0 Å². The Hall–Kier alpha value is -3.28. The van der Waals surface area contributed by atoms with E-state index in [-0.39, 0.29) is 0 Å². The first-order valence-electron chi connectivity index (χ1n) is 8.49. The predicted molar refractivity (Wildman–Crippen MR) is 102 cm³/mol. The molecule has 6 heteroatoms. The molecule has 0 aliphatic carbocycles. The lowest BCUT2D eigenvalue weighted by molar-refractivity contribution is 0.152. The molecule has 6 nitrogen and oxygen atoms in total. The first kappa shape index (κ1) is 17.5. The summed E-state index contributed by atoms with van der Waals surface area (Å²) in [4.78, 5) is 11.3. The normalized spacial score (nSPS) is 11.0. The van der Waals surface area contributed by atoms with Gasteiger partial charge in [-0.2, -0.15) is 5.10 Å². The second kappa shape index (κ2) is 8.71. The van der Waals surface area contributed by atoms with Gasteiger partial charge in [-0.1, -0.05) is 36.4 Å². The van der Waals surface area contributed by atoms with Crippen LogP contribution in [0.1, 0.15) is 12.5 Å². The number of aromatic nitrogens is 1. The number of benzene rings is 2. The van der Waals surface area contributed by atoms with Crippen molar-refractivity contribution in [2.24, 2.45) is 5.10 Å². The fourth-order valence-corrected chi connectivity index (χ4v) is 2.66. The van der Waals surface area contributed by atoms with E-state index in [4.69, 9.17) is 9.47 Å². The van der Waals surface area contributed by atoms with Crippen LogP contribution in [0.4, 0.5) is 4.79 Å². The van der Waals surface area contributed by atoms with Gasteiger partial charge in [0.05, 0.1) is 19.4 Å². The molecule has 2 aromatic carbocycles. The molecule has 0 radical (unpaired) electrons. The molecule has 26 heavy (non-hydrogen) atoms. The quantitative estimate of drug-likeness (QED) is 0.520. The van der Waals surface area contributed by atoms with Crippen LogP contribution >= 0.6 is 0 Å². The van der Waals surface area contributed by atoms with E-state index in [9.17, 15) is 4.79 Å². The number of hydrogen-bond acceptors (Lipinski definition) is 4. The fraction of sp³-hybridized carbons (Fsp3) is 0.200. The standard InChI is InChI=1S/C20H21N3O3/c1-2-25-20(24)22-21-14-16-15-23(19-11-7-6-10-18(16)19)12-13-26-17-8-4-3-5-9-17/h3-11,14-15H,2,12-13H2,1H3,(H,22,24)/b21-14-. The summed E-state index contributed by atoms with van der Waals surface area (Å²) in [7, 11) is 0. The Bertz CT molecular complexity index is 888. The van der Waals surface area contributed by atoms with Crippen molar-refractivity contribution in [2.45, 2.75) is 13.5 Å². The molecule has 0 saturated carbocycles. The largest absolute Gasteiger partial charge is 0.492 e. The molecule has 0 spiro atoms. The second-order valence-electron chi connectivity index (χ2n) is 5.55. The Morgan fingerprint density at radius 3 is 2.73 bits per heavy atom. The summed E-state index contributed by atoms with van der Waals surface area (Å²) < 4.78 is 12.7. The van der Waals surface area contributed by atoms with Crippen molar-refractivity contribution in [1.29, 1.82) is 0 Å². The van der Waals surface area contributed by atoms with Gasteiger partial charge in [-0.05, 0) is 25.1 Å². The van der Waals surface area contributed by atoms with Crippen molar-refractivity contribution in [3.05, 3.63) is 66.4 Å². The van der Waals surface area contributed by atoms with Crippen LogP contribution in [0.5, 0.6) is 5.75 Å². The molecule has 3 aromatic rings. The zero-order valence-electron chi connectivity index (χ0n) is 14.6. The van der Waals surface area contributed by atoms with Crippen LogP contribution in [0, 0.1) is 0 Å². The highest BCUT2D eigenvalue weighted by Gasteiger charge is 2.07. The lowest BCUT2D eigenvalue weighted by Gasteiger charge is -2.08. The van der Waals surface area contributed by atoms with Crippen LogP contribution in [0.2, 0.25) is 0 Å². The Kier molecular flexibility index (Phi) is 5.88. The Labute approximate surface area is 152 Å². The maximum absolute atomic E-state index is 11.3. The molecule has 1 aromatic heterocycles. The minimum Gasteiger partial charge on any atom is -0.492 e. The van der Waals surface area contributed by atoms with E-state index < -0.39 is 6.09 Å². The Balaban J connectivity index is 1.70. The highest BCUT2D eigenvalue weighted by atomic mass is 16.5. The molecule has 0 atom stereocenters. The predicted octanol–water partition coefficient (Wildman–Crippen LogP) is 3.80. The summed E-state index contributed by atoms with van der Waals surface area (Å²) in [5.74, 6) is 0.851. The third kappa shape index (κ3) is 4.42. The molecule has 3 rings (SSSR count). The summed E-state index contributed by atoms with van der Waals surface area (Å²) >= 11 is 0. The molecular weight excluding hydrogens is 330 g/mol. The van der Waals surface area contributed by atoms with Crippen molar-refractivity contribution in [3.8, 4) is 5.75 Å². The van der Waals surface area contributed by atoms with Crippen molar-refractivity contribution in [1.82, 2.24) is 9.99 Å². The number of hydrazone groups is 1. The average molecular weight is 351 g/mol. The summed E-state index contributed by atoms with van der Waals surface area (Å²) in [6, 6.07) is 17.8. The maximum Gasteiger partial charge on any atom is 0.427 e. The summed E-state index contributed by atoms with van der Waals surface area (Å²) in [6.07, 6.45) is 3.05. The lowest BCUT2D eigenvalue weighted by Crippen LogP contribution is -2.18. The van der Waals surface area contributed by atoms with Crippen LogP contribution in [-0.4, -0.2) is 30.1 Å². The Morgan fingerprint density at radius 1 is 1.15 bits per heavy atom. The van der Waals surface area contributed by atoms with Gasteiger partial charge in [0.2, 0.25) is 0 Å². The van der Waals surface area contributed by atoms with Gasteiger partial charge in [-0.15, -0.1) is 0 Å². The van der Waals surface area contributed by atoms with E-state index in [0.29, 0.717) is 19.8 Å². The van der Waals surface area contributed by atoms with Crippen molar-refractivity contribution in [2.75, 3.05) is 13.2 Å². The number of hydrogen-bond donors (Lipinski definition) is 1. The van der Waals surface area contributed by atoms with E-state index in [1.807, 2.05) is 60.8 Å². The zero-order valence-corrected chi connectivity index (χ0v) is 14.6. The van der Waals surface area contributed by atoms with Crippen LogP contribution in [-0.2, 0) is 11.3 Å². The van der Waals surface area contributed by atoms with Crippen LogP contribution in [0.25, 0.3) is 10.9 Å². The topological polar surface area (TPSA) is 64.8 Å². The summed E-state index contributed by atoms with van der Waals surface area (Å²) in [6.45, 7) is 3.31. The van der Waals surface area contributed by atoms with E-state index in [1.165, 1.54) is 0 Å². The average Bonchev–Trinajstić information content (AvgIpc) is 3.01. The summed E-state index contributed by atoms with van der Waals surface area (Å²) in [5.41, 5.74) is 4.34. The molecule has 0 bridgehead atoms. The molecule has 0 aliphatic rings. The smallest absolute Gasteiger partial charge is 0.427 e. The number of nitrogens with one attached hydrogen (secondary N) is 1. The molecule has 0 fully saturated rings.